The Hall–Kier alpha value is -0.540. The Kier molecular flexibility index (Phi) is 10.8. The van der Waals surface area contributed by atoms with E-state index in [1.165, 1.54) is 0 Å². The van der Waals surface area contributed by atoms with Crippen LogP contribution < -0.4 is 0 Å². The summed E-state index contributed by atoms with van der Waals surface area (Å²) in [5.74, 6) is 0.00170. The molecule has 0 amide bonds. The smallest absolute Gasteiger partial charge is 0.313 e. The fourth-order valence-electron chi connectivity index (χ4n) is 9.14. The van der Waals surface area contributed by atoms with E-state index in [4.69, 9.17) is 17.0 Å². The summed E-state index contributed by atoms with van der Waals surface area (Å²) >= 11 is 7.40. The standard InChI is InChI=1S/C33H54O6S2/c1-6-41-29(40)28-20(2)32(28,19-31(3,4)5)30(37)39-24-15-16-26(27(36)17-24)33(38,22-11-13-23(35)14-12-22)25-10-8-7-9-21(25)18-34/h18,20-28,35-36,38H,6-17,19H2,1-5H3. The Bertz CT molecular complexity index is 942. The first-order valence-corrected chi connectivity index (χ1v) is 17.6. The molecule has 0 heterocycles. The van der Waals surface area contributed by atoms with Gasteiger partial charge in [0, 0.05) is 24.2 Å². The van der Waals surface area contributed by atoms with E-state index < -0.39 is 23.2 Å². The highest BCUT2D eigenvalue weighted by Crippen LogP contribution is 2.66. The summed E-state index contributed by atoms with van der Waals surface area (Å²) in [6.07, 6.45) is 7.79. The first-order chi connectivity index (χ1) is 19.3. The largest absolute Gasteiger partial charge is 0.462 e. The van der Waals surface area contributed by atoms with Gasteiger partial charge in [0.2, 0.25) is 0 Å². The number of aliphatic hydroxyl groups excluding tert-OH is 2. The highest BCUT2D eigenvalue weighted by Gasteiger charge is 2.70. The van der Waals surface area contributed by atoms with Gasteiger partial charge in [-0.05, 0) is 86.7 Å². The molecule has 0 bridgehead atoms. The summed E-state index contributed by atoms with van der Waals surface area (Å²) in [4.78, 5) is 26.1. The Morgan fingerprint density at radius 1 is 1.02 bits per heavy atom. The molecule has 0 spiro atoms. The molecule has 0 aromatic rings. The molecule has 9 atom stereocenters. The number of thioether (sulfide) groups is 1. The molecular weight excluding hydrogens is 556 g/mol. The predicted octanol–water partition coefficient (Wildman–Crippen LogP) is 6.12. The number of hydrogen-bond acceptors (Lipinski definition) is 8. The van der Waals surface area contributed by atoms with Crippen LogP contribution in [0.25, 0.3) is 0 Å². The van der Waals surface area contributed by atoms with E-state index in [1.54, 1.807) is 11.8 Å². The third-order valence-corrected chi connectivity index (χ3v) is 12.5. The lowest BCUT2D eigenvalue weighted by Gasteiger charge is -2.54. The summed E-state index contributed by atoms with van der Waals surface area (Å²) in [7, 11) is 0. The average Bonchev–Trinajstić information content (AvgIpc) is 3.51. The second-order valence-electron chi connectivity index (χ2n) is 14.9. The highest BCUT2D eigenvalue weighted by atomic mass is 32.2. The third kappa shape index (κ3) is 6.77. The average molecular weight is 611 g/mol. The minimum absolute atomic E-state index is 0.0220. The van der Waals surface area contributed by atoms with Crippen molar-refractivity contribution in [1.29, 1.82) is 0 Å². The number of aldehydes is 1. The van der Waals surface area contributed by atoms with Crippen LogP contribution >= 0.6 is 24.0 Å². The van der Waals surface area contributed by atoms with Crippen molar-refractivity contribution in [3.63, 3.8) is 0 Å². The van der Waals surface area contributed by atoms with E-state index in [1.807, 2.05) is 0 Å². The quantitative estimate of drug-likeness (QED) is 0.163. The zero-order chi connectivity index (χ0) is 30.2. The zero-order valence-corrected chi connectivity index (χ0v) is 27.5. The molecule has 0 saturated heterocycles. The molecule has 9 unspecified atom stereocenters. The Balaban J connectivity index is 1.51. The van der Waals surface area contributed by atoms with Gasteiger partial charge in [0.15, 0.2) is 0 Å². The van der Waals surface area contributed by atoms with Crippen molar-refractivity contribution in [2.75, 3.05) is 5.75 Å². The van der Waals surface area contributed by atoms with Gasteiger partial charge >= 0.3 is 5.97 Å². The number of hydrogen-bond donors (Lipinski definition) is 3. The lowest BCUT2D eigenvalue weighted by molar-refractivity contribution is -0.196. The molecule has 4 aliphatic carbocycles. The second-order valence-corrected chi connectivity index (χ2v) is 16.9. The van der Waals surface area contributed by atoms with E-state index in [-0.39, 0.29) is 53.0 Å². The van der Waals surface area contributed by atoms with E-state index in [9.17, 15) is 24.9 Å². The van der Waals surface area contributed by atoms with Gasteiger partial charge in [-0.15, -0.1) is 11.8 Å². The van der Waals surface area contributed by atoms with Crippen LogP contribution in [0.5, 0.6) is 0 Å². The molecule has 8 heteroatoms. The van der Waals surface area contributed by atoms with Crippen molar-refractivity contribution in [3.05, 3.63) is 0 Å². The molecule has 234 valence electrons. The summed E-state index contributed by atoms with van der Waals surface area (Å²) in [5.41, 5.74) is -1.86. The van der Waals surface area contributed by atoms with Gasteiger partial charge in [-0.2, -0.15) is 0 Å². The normalized spacial score (nSPS) is 41.2. The molecule has 6 nitrogen and oxygen atoms in total. The molecule has 4 rings (SSSR count). The molecule has 4 aliphatic rings. The van der Waals surface area contributed by atoms with Crippen LogP contribution in [0.15, 0.2) is 0 Å². The van der Waals surface area contributed by atoms with Crippen molar-refractivity contribution >= 4 is 40.4 Å². The van der Waals surface area contributed by atoms with E-state index in [0.717, 1.165) is 41.9 Å². The molecule has 0 aromatic carbocycles. The Morgan fingerprint density at radius 3 is 2.27 bits per heavy atom. The van der Waals surface area contributed by atoms with Crippen molar-refractivity contribution in [2.24, 2.45) is 46.3 Å². The maximum Gasteiger partial charge on any atom is 0.313 e. The summed E-state index contributed by atoms with van der Waals surface area (Å²) in [6.45, 7) is 10.6. The van der Waals surface area contributed by atoms with Crippen LogP contribution in [-0.4, -0.2) is 61.4 Å². The number of thiocarbonyl (C=S) groups is 1. The van der Waals surface area contributed by atoms with Crippen LogP contribution in [0.4, 0.5) is 0 Å². The molecule has 4 fully saturated rings. The van der Waals surface area contributed by atoms with Gasteiger partial charge in [-0.25, -0.2) is 0 Å². The lowest BCUT2D eigenvalue weighted by Crippen LogP contribution is -2.60. The third-order valence-electron chi connectivity index (χ3n) is 11.1. The molecule has 4 saturated carbocycles. The van der Waals surface area contributed by atoms with Crippen LogP contribution in [-0.2, 0) is 14.3 Å². The van der Waals surface area contributed by atoms with Gasteiger partial charge in [0.05, 0.1) is 27.4 Å². The SMILES string of the molecule is CCSC(=S)C1C(C)C1(CC(C)(C)C)C(=O)OC1CCC(C(O)(C2CCC(O)CC2)C2CCCCC2C=O)C(O)C1. The van der Waals surface area contributed by atoms with Gasteiger partial charge in [0.25, 0.3) is 0 Å². The van der Waals surface area contributed by atoms with Gasteiger partial charge in [-0.1, -0.05) is 59.7 Å². The molecule has 0 radical (unpaired) electrons. The van der Waals surface area contributed by atoms with Crippen LogP contribution in [0, 0.1) is 46.3 Å². The first-order valence-electron chi connectivity index (χ1n) is 16.2. The van der Waals surface area contributed by atoms with Crippen LogP contribution in [0.3, 0.4) is 0 Å². The zero-order valence-electron chi connectivity index (χ0n) is 25.8. The minimum atomic E-state index is -1.17. The van der Waals surface area contributed by atoms with E-state index >= 15 is 0 Å². The number of carbonyl (C=O) groups is 2. The predicted molar refractivity (Wildman–Crippen MR) is 168 cm³/mol. The van der Waals surface area contributed by atoms with Crippen molar-refractivity contribution in [2.45, 2.75) is 136 Å². The van der Waals surface area contributed by atoms with Gasteiger partial charge in [-0.3, -0.25) is 4.79 Å². The van der Waals surface area contributed by atoms with Crippen molar-refractivity contribution in [3.8, 4) is 0 Å². The van der Waals surface area contributed by atoms with Gasteiger partial charge in [0.1, 0.15) is 12.4 Å². The van der Waals surface area contributed by atoms with Crippen LogP contribution in [0.2, 0.25) is 0 Å². The number of rotatable bonds is 9. The minimum Gasteiger partial charge on any atom is -0.462 e. The Morgan fingerprint density at radius 2 is 1.68 bits per heavy atom. The number of ether oxygens (including phenoxy) is 1. The van der Waals surface area contributed by atoms with E-state index in [0.29, 0.717) is 51.4 Å². The Labute approximate surface area is 257 Å². The maximum atomic E-state index is 13.9. The fourth-order valence-corrected chi connectivity index (χ4v) is 10.8. The summed E-state index contributed by atoms with van der Waals surface area (Å²) < 4.78 is 7.13. The second kappa shape index (κ2) is 13.2. The lowest BCUT2D eigenvalue weighted by atomic mass is 9.55. The monoisotopic (exact) mass is 610 g/mol. The highest BCUT2D eigenvalue weighted by molar-refractivity contribution is 8.23. The van der Waals surface area contributed by atoms with Crippen molar-refractivity contribution < 1.29 is 29.6 Å². The molecule has 3 N–H and O–H groups in total. The molecular formula is C33H54O6S2. The van der Waals surface area contributed by atoms with Crippen LogP contribution in [0.1, 0.15) is 112 Å². The molecule has 0 aliphatic heterocycles. The van der Waals surface area contributed by atoms with Crippen molar-refractivity contribution in [1.82, 2.24) is 0 Å². The molecule has 0 aromatic heterocycles. The summed E-state index contributed by atoms with van der Waals surface area (Å²) in [5, 5.41) is 34.4. The first kappa shape index (κ1) is 33.4. The van der Waals surface area contributed by atoms with E-state index in [2.05, 4.69) is 34.6 Å². The van der Waals surface area contributed by atoms with Gasteiger partial charge < -0.3 is 24.9 Å². The number of esters is 1. The topological polar surface area (TPSA) is 104 Å². The number of aliphatic hydroxyl groups is 3. The fraction of sp³-hybridized carbons (Fsp3) is 0.909. The maximum absolute atomic E-state index is 13.9. The molecule has 41 heavy (non-hydrogen) atoms. The number of carbonyl (C=O) groups excluding carboxylic acids is 2. The summed E-state index contributed by atoms with van der Waals surface area (Å²) in [6, 6.07) is 0.